The van der Waals surface area contributed by atoms with E-state index in [1.165, 1.54) is 0 Å². The first kappa shape index (κ1) is 9.65. The molecule has 0 aromatic rings. The van der Waals surface area contributed by atoms with Crippen molar-refractivity contribution < 1.29 is 4.79 Å². The molecule has 1 saturated heterocycles. The second-order valence-electron chi connectivity index (χ2n) is 3.25. The van der Waals surface area contributed by atoms with Gasteiger partial charge in [0.2, 0.25) is 0 Å². The molecule has 1 fully saturated rings. The van der Waals surface area contributed by atoms with Crippen molar-refractivity contribution in [1.82, 2.24) is 9.80 Å². The Kier molecular flexibility index (Phi) is 3.20. The zero-order valence-corrected chi connectivity index (χ0v) is 8.34. The fraction of sp³-hybridized carbons (Fsp3) is 0.875. The van der Waals surface area contributed by atoms with Crippen LogP contribution < -0.4 is 0 Å². The molecule has 1 rings (SSSR count). The summed E-state index contributed by atoms with van der Waals surface area (Å²) in [6.45, 7) is 6.39. The van der Waals surface area contributed by atoms with Crippen LogP contribution in [0.4, 0.5) is 4.79 Å². The predicted molar refractivity (Wildman–Crippen MR) is 49.5 cm³/mol. The lowest BCUT2D eigenvalue weighted by atomic mass is 10.3. The van der Waals surface area contributed by atoms with Crippen LogP contribution in [-0.4, -0.2) is 47.4 Å². The number of carbonyl (C=O) groups is 1. The Hall–Kier alpha value is -0.440. The molecule has 0 N–H and O–H groups in total. The standard InChI is InChI=1S/C8H15ClN2O/c1-7(2)11-6-5-10(4-3-9)8(11)12/h7H,3-6H2,1-2H3. The Bertz CT molecular complexity index is 172. The van der Waals surface area contributed by atoms with Crippen LogP contribution in [0.2, 0.25) is 0 Å². The van der Waals surface area contributed by atoms with Gasteiger partial charge in [0.1, 0.15) is 0 Å². The van der Waals surface area contributed by atoms with Crippen molar-refractivity contribution >= 4 is 17.6 Å². The molecule has 0 atom stereocenters. The summed E-state index contributed by atoms with van der Waals surface area (Å²) < 4.78 is 0. The minimum absolute atomic E-state index is 0.130. The number of nitrogens with zero attached hydrogens (tertiary/aromatic N) is 2. The molecule has 70 valence electrons. The van der Waals surface area contributed by atoms with Gasteiger partial charge in [0.15, 0.2) is 0 Å². The summed E-state index contributed by atoms with van der Waals surface area (Å²) in [6.07, 6.45) is 0. The summed E-state index contributed by atoms with van der Waals surface area (Å²) in [6, 6.07) is 0.434. The number of rotatable bonds is 3. The first-order chi connectivity index (χ1) is 5.66. The number of amides is 2. The molecule has 0 aliphatic carbocycles. The average Bonchev–Trinajstić information content (AvgIpc) is 2.34. The molecule has 4 heteroatoms. The van der Waals surface area contributed by atoms with Gasteiger partial charge < -0.3 is 9.80 Å². The summed E-state index contributed by atoms with van der Waals surface area (Å²) in [5.41, 5.74) is 0. The Morgan fingerprint density at radius 2 is 2.17 bits per heavy atom. The van der Waals surface area contributed by atoms with E-state index in [1.807, 2.05) is 18.7 Å². The van der Waals surface area contributed by atoms with Crippen molar-refractivity contribution in [2.75, 3.05) is 25.5 Å². The van der Waals surface area contributed by atoms with E-state index in [2.05, 4.69) is 0 Å². The number of alkyl halides is 1. The van der Waals surface area contributed by atoms with Crippen LogP contribution in [0.3, 0.4) is 0 Å². The highest BCUT2D eigenvalue weighted by Crippen LogP contribution is 2.11. The van der Waals surface area contributed by atoms with Crippen molar-refractivity contribution in [3.05, 3.63) is 0 Å². The van der Waals surface area contributed by atoms with E-state index in [9.17, 15) is 4.79 Å². The van der Waals surface area contributed by atoms with E-state index in [4.69, 9.17) is 11.6 Å². The molecule has 0 unspecified atom stereocenters. The lowest BCUT2D eigenvalue weighted by Gasteiger charge is -2.21. The lowest BCUT2D eigenvalue weighted by molar-refractivity contribution is 0.185. The van der Waals surface area contributed by atoms with E-state index in [0.717, 1.165) is 13.1 Å². The molecule has 2 amide bonds. The maximum atomic E-state index is 11.5. The Morgan fingerprint density at radius 1 is 1.50 bits per heavy atom. The van der Waals surface area contributed by atoms with Gasteiger partial charge in [-0.15, -0.1) is 11.6 Å². The highest BCUT2D eigenvalue weighted by Gasteiger charge is 2.29. The van der Waals surface area contributed by atoms with E-state index >= 15 is 0 Å². The van der Waals surface area contributed by atoms with Crippen LogP contribution >= 0.6 is 11.6 Å². The molecule has 0 bridgehead atoms. The minimum atomic E-state index is 0.130. The summed E-state index contributed by atoms with van der Waals surface area (Å²) >= 11 is 5.56. The van der Waals surface area contributed by atoms with Crippen molar-refractivity contribution in [3.8, 4) is 0 Å². The maximum absolute atomic E-state index is 11.5. The fourth-order valence-corrected chi connectivity index (χ4v) is 1.59. The maximum Gasteiger partial charge on any atom is 0.320 e. The molecule has 0 saturated carbocycles. The SMILES string of the molecule is CC(C)N1CCN(CCCl)C1=O. The molecule has 0 aromatic heterocycles. The van der Waals surface area contributed by atoms with E-state index in [0.29, 0.717) is 18.5 Å². The third kappa shape index (κ3) is 1.83. The lowest BCUT2D eigenvalue weighted by Crippen LogP contribution is -2.36. The molecule has 0 aromatic carbocycles. The molecule has 1 heterocycles. The minimum Gasteiger partial charge on any atom is -0.322 e. The molecule has 1 aliphatic rings. The van der Waals surface area contributed by atoms with Crippen LogP contribution in [0.5, 0.6) is 0 Å². The van der Waals surface area contributed by atoms with Crippen LogP contribution in [0, 0.1) is 0 Å². The molecule has 3 nitrogen and oxygen atoms in total. The largest absolute Gasteiger partial charge is 0.322 e. The monoisotopic (exact) mass is 190 g/mol. The third-order valence-electron chi connectivity index (χ3n) is 2.10. The number of halogens is 1. The van der Waals surface area contributed by atoms with Crippen molar-refractivity contribution in [2.24, 2.45) is 0 Å². The van der Waals surface area contributed by atoms with Gasteiger partial charge in [0, 0.05) is 31.6 Å². The van der Waals surface area contributed by atoms with Crippen molar-refractivity contribution in [2.45, 2.75) is 19.9 Å². The zero-order chi connectivity index (χ0) is 9.14. The Labute approximate surface area is 78.3 Å². The summed E-state index contributed by atoms with van der Waals surface area (Å²) in [5, 5.41) is 0. The first-order valence-corrected chi connectivity index (χ1v) is 4.81. The van der Waals surface area contributed by atoms with Gasteiger partial charge in [0.25, 0.3) is 0 Å². The van der Waals surface area contributed by atoms with Crippen molar-refractivity contribution in [1.29, 1.82) is 0 Å². The van der Waals surface area contributed by atoms with Gasteiger partial charge in [-0.1, -0.05) is 0 Å². The summed E-state index contributed by atoms with van der Waals surface area (Å²) in [4.78, 5) is 15.2. The van der Waals surface area contributed by atoms with Gasteiger partial charge in [-0.2, -0.15) is 0 Å². The predicted octanol–water partition coefficient (Wildman–Crippen LogP) is 1.37. The van der Waals surface area contributed by atoms with Crippen LogP contribution in [0.1, 0.15) is 13.8 Å². The first-order valence-electron chi connectivity index (χ1n) is 4.28. The van der Waals surface area contributed by atoms with Gasteiger partial charge in [-0.3, -0.25) is 0 Å². The average molecular weight is 191 g/mol. The van der Waals surface area contributed by atoms with Gasteiger partial charge >= 0.3 is 6.03 Å². The topological polar surface area (TPSA) is 23.6 Å². The zero-order valence-electron chi connectivity index (χ0n) is 7.59. The van der Waals surface area contributed by atoms with Crippen LogP contribution in [0.15, 0.2) is 0 Å². The Balaban J connectivity index is 2.49. The second kappa shape index (κ2) is 3.99. The normalized spacial score (nSPS) is 18.2. The molecule has 1 aliphatic heterocycles. The molecule has 0 radical (unpaired) electrons. The van der Waals surface area contributed by atoms with E-state index in [-0.39, 0.29) is 6.03 Å². The summed E-state index contributed by atoms with van der Waals surface area (Å²) in [5.74, 6) is 0.525. The molecule has 0 spiro atoms. The summed E-state index contributed by atoms with van der Waals surface area (Å²) in [7, 11) is 0. The quantitative estimate of drug-likeness (QED) is 0.617. The molecule has 12 heavy (non-hydrogen) atoms. The second-order valence-corrected chi connectivity index (χ2v) is 3.62. The smallest absolute Gasteiger partial charge is 0.320 e. The highest BCUT2D eigenvalue weighted by molar-refractivity contribution is 6.18. The van der Waals surface area contributed by atoms with Crippen molar-refractivity contribution in [3.63, 3.8) is 0 Å². The Morgan fingerprint density at radius 3 is 2.58 bits per heavy atom. The number of hydrogen-bond donors (Lipinski definition) is 0. The molecular weight excluding hydrogens is 176 g/mol. The van der Waals surface area contributed by atoms with Crippen LogP contribution in [0.25, 0.3) is 0 Å². The van der Waals surface area contributed by atoms with Gasteiger partial charge in [-0.25, -0.2) is 4.79 Å². The fourth-order valence-electron chi connectivity index (χ4n) is 1.39. The van der Waals surface area contributed by atoms with Crippen LogP contribution in [-0.2, 0) is 0 Å². The number of carbonyl (C=O) groups excluding carboxylic acids is 1. The molecular formula is C8H15ClN2O. The number of hydrogen-bond acceptors (Lipinski definition) is 1. The van der Waals surface area contributed by atoms with E-state index in [1.54, 1.807) is 4.90 Å². The number of urea groups is 1. The van der Waals surface area contributed by atoms with Gasteiger partial charge in [0.05, 0.1) is 0 Å². The third-order valence-corrected chi connectivity index (χ3v) is 2.27. The van der Waals surface area contributed by atoms with E-state index < -0.39 is 0 Å². The van der Waals surface area contributed by atoms with Gasteiger partial charge in [-0.05, 0) is 13.8 Å². The highest BCUT2D eigenvalue weighted by atomic mass is 35.5.